The molecule has 94 valence electrons. The van der Waals surface area contributed by atoms with E-state index in [0.29, 0.717) is 5.16 Å². The fourth-order valence-corrected chi connectivity index (χ4v) is 2.25. The zero-order valence-electron chi connectivity index (χ0n) is 9.63. The number of benzene rings is 1. The van der Waals surface area contributed by atoms with Crippen LogP contribution < -0.4 is 0 Å². The summed E-state index contributed by atoms with van der Waals surface area (Å²) in [5, 5.41) is 9.26. The number of thioether (sulfide) groups is 1. The van der Waals surface area contributed by atoms with Gasteiger partial charge in [-0.3, -0.25) is 9.36 Å². The number of aryl methyl sites for hydroxylation is 1. The summed E-state index contributed by atoms with van der Waals surface area (Å²) in [7, 11) is 0. The Hall–Kier alpha value is -1.82. The van der Waals surface area contributed by atoms with Gasteiger partial charge in [-0.2, -0.15) is 0 Å². The van der Waals surface area contributed by atoms with Gasteiger partial charge in [0.15, 0.2) is 5.16 Å². The van der Waals surface area contributed by atoms with Gasteiger partial charge >= 0.3 is 5.97 Å². The van der Waals surface area contributed by atoms with E-state index in [9.17, 15) is 9.18 Å². The van der Waals surface area contributed by atoms with Crippen LogP contribution in [0.15, 0.2) is 35.6 Å². The highest BCUT2D eigenvalue weighted by Crippen LogP contribution is 2.22. The first kappa shape index (κ1) is 12.6. The van der Waals surface area contributed by atoms with E-state index >= 15 is 0 Å². The van der Waals surface area contributed by atoms with Crippen LogP contribution in [0, 0.1) is 12.7 Å². The first-order valence-electron chi connectivity index (χ1n) is 5.23. The lowest BCUT2D eigenvalue weighted by atomic mass is 10.3. The van der Waals surface area contributed by atoms with Crippen LogP contribution in [0.25, 0.3) is 5.69 Å². The average Bonchev–Trinajstić information content (AvgIpc) is 2.69. The first-order chi connectivity index (χ1) is 8.56. The summed E-state index contributed by atoms with van der Waals surface area (Å²) in [4.78, 5) is 14.8. The smallest absolute Gasteiger partial charge is 0.313 e. The van der Waals surface area contributed by atoms with Crippen molar-refractivity contribution >= 4 is 17.7 Å². The highest BCUT2D eigenvalue weighted by molar-refractivity contribution is 7.99. The standard InChI is InChI=1S/C12H11FN2O2S/c1-8-6-15(10-4-2-9(13)3-5-10)12(14-8)18-7-11(16)17/h2-6H,7H2,1H3,(H,16,17). The molecule has 0 bridgehead atoms. The molecule has 0 amide bonds. The third kappa shape index (κ3) is 2.89. The van der Waals surface area contributed by atoms with Gasteiger partial charge in [0.2, 0.25) is 0 Å². The largest absolute Gasteiger partial charge is 0.481 e. The summed E-state index contributed by atoms with van der Waals surface area (Å²) in [6.45, 7) is 1.82. The number of hydrogen-bond acceptors (Lipinski definition) is 3. The first-order valence-corrected chi connectivity index (χ1v) is 6.21. The molecular formula is C12H11FN2O2S. The lowest BCUT2D eigenvalue weighted by molar-refractivity contribution is -0.133. The van der Waals surface area contributed by atoms with Crippen molar-refractivity contribution in [2.45, 2.75) is 12.1 Å². The number of aliphatic carboxylic acids is 1. The van der Waals surface area contributed by atoms with Crippen LogP contribution >= 0.6 is 11.8 Å². The maximum atomic E-state index is 12.9. The zero-order valence-corrected chi connectivity index (χ0v) is 10.4. The van der Waals surface area contributed by atoms with E-state index in [0.717, 1.165) is 23.1 Å². The number of halogens is 1. The van der Waals surface area contributed by atoms with Gasteiger partial charge in [-0.15, -0.1) is 0 Å². The lowest BCUT2D eigenvalue weighted by Gasteiger charge is -2.06. The number of carboxylic acid groups (broad SMARTS) is 1. The van der Waals surface area contributed by atoms with Crippen LogP contribution in [0.2, 0.25) is 0 Å². The Labute approximate surface area is 107 Å². The molecule has 1 N–H and O–H groups in total. The van der Waals surface area contributed by atoms with E-state index in [2.05, 4.69) is 4.98 Å². The zero-order chi connectivity index (χ0) is 13.1. The van der Waals surface area contributed by atoms with E-state index in [1.54, 1.807) is 22.9 Å². The van der Waals surface area contributed by atoms with Gasteiger partial charge in [-0.25, -0.2) is 9.37 Å². The van der Waals surface area contributed by atoms with E-state index in [1.807, 2.05) is 6.92 Å². The van der Waals surface area contributed by atoms with Gasteiger partial charge in [0, 0.05) is 11.9 Å². The van der Waals surface area contributed by atoms with Crippen molar-refractivity contribution in [3.8, 4) is 5.69 Å². The summed E-state index contributed by atoms with van der Waals surface area (Å²) < 4.78 is 14.6. The van der Waals surface area contributed by atoms with Crippen molar-refractivity contribution in [2.24, 2.45) is 0 Å². The number of nitrogens with zero attached hydrogens (tertiary/aromatic N) is 2. The van der Waals surface area contributed by atoms with Gasteiger partial charge in [0.05, 0.1) is 11.4 Å². The van der Waals surface area contributed by atoms with Crippen LogP contribution in [-0.4, -0.2) is 26.4 Å². The summed E-state index contributed by atoms with van der Waals surface area (Å²) in [5.41, 5.74) is 1.54. The second kappa shape index (κ2) is 5.22. The minimum Gasteiger partial charge on any atom is -0.481 e. The van der Waals surface area contributed by atoms with Gasteiger partial charge in [-0.1, -0.05) is 11.8 Å². The molecule has 0 atom stereocenters. The number of imidazole rings is 1. The molecule has 2 rings (SSSR count). The molecule has 0 unspecified atom stereocenters. The Morgan fingerprint density at radius 1 is 1.44 bits per heavy atom. The number of aromatic nitrogens is 2. The van der Waals surface area contributed by atoms with Crippen molar-refractivity contribution in [2.75, 3.05) is 5.75 Å². The van der Waals surface area contributed by atoms with E-state index in [1.165, 1.54) is 12.1 Å². The Bertz CT molecular complexity index is 566. The molecule has 0 aliphatic heterocycles. The maximum Gasteiger partial charge on any atom is 0.313 e. The third-order valence-electron chi connectivity index (χ3n) is 2.22. The van der Waals surface area contributed by atoms with Gasteiger partial charge < -0.3 is 5.11 Å². The van der Waals surface area contributed by atoms with Crippen LogP contribution in [0.5, 0.6) is 0 Å². The molecule has 4 nitrogen and oxygen atoms in total. The van der Waals surface area contributed by atoms with Crippen LogP contribution in [0.3, 0.4) is 0 Å². The third-order valence-corrected chi connectivity index (χ3v) is 3.16. The lowest BCUT2D eigenvalue weighted by Crippen LogP contribution is -2.01. The predicted molar refractivity (Wildman–Crippen MR) is 66.6 cm³/mol. The fraction of sp³-hybridized carbons (Fsp3) is 0.167. The Balaban J connectivity index is 2.31. The minimum absolute atomic E-state index is 0.0579. The van der Waals surface area contributed by atoms with Gasteiger partial charge in [-0.05, 0) is 31.2 Å². The molecule has 0 saturated carbocycles. The molecule has 0 aliphatic carbocycles. The topological polar surface area (TPSA) is 55.1 Å². The van der Waals surface area contributed by atoms with Crippen molar-refractivity contribution in [3.05, 3.63) is 42.0 Å². The molecule has 1 heterocycles. The van der Waals surface area contributed by atoms with Crippen molar-refractivity contribution in [3.63, 3.8) is 0 Å². The molecule has 1 aromatic heterocycles. The minimum atomic E-state index is -0.897. The predicted octanol–water partition coefficient (Wildman–Crippen LogP) is 2.50. The maximum absolute atomic E-state index is 12.9. The Morgan fingerprint density at radius 2 is 2.11 bits per heavy atom. The van der Waals surface area contributed by atoms with Gasteiger partial charge in [0.1, 0.15) is 5.82 Å². The molecule has 6 heteroatoms. The molecule has 1 aromatic carbocycles. The quantitative estimate of drug-likeness (QED) is 0.864. The summed E-state index contributed by atoms with van der Waals surface area (Å²) in [6, 6.07) is 5.97. The Kier molecular flexibility index (Phi) is 3.66. The molecule has 2 aromatic rings. The second-order valence-corrected chi connectivity index (χ2v) is 4.64. The molecule has 0 saturated heterocycles. The number of hydrogen-bond donors (Lipinski definition) is 1. The fourth-order valence-electron chi connectivity index (χ4n) is 1.49. The number of carbonyl (C=O) groups is 1. The van der Waals surface area contributed by atoms with Gasteiger partial charge in [0.25, 0.3) is 0 Å². The molecule has 0 aliphatic rings. The van der Waals surface area contributed by atoms with Crippen LogP contribution in [0.1, 0.15) is 5.69 Å². The molecule has 0 radical (unpaired) electrons. The number of carboxylic acids is 1. The summed E-state index contributed by atoms with van der Waals surface area (Å²) >= 11 is 1.13. The molecular weight excluding hydrogens is 255 g/mol. The van der Waals surface area contributed by atoms with E-state index in [4.69, 9.17) is 5.11 Å². The highest BCUT2D eigenvalue weighted by Gasteiger charge is 2.10. The monoisotopic (exact) mass is 266 g/mol. The van der Waals surface area contributed by atoms with Crippen LogP contribution in [-0.2, 0) is 4.79 Å². The van der Waals surface area contributed by atoms with E-state index in [-0.39, 0.29) is 11.6 Å². The summed E-state index contributed by atoms with van der Waals surface area (Å²) in [6.07, 6.45) is 1.79. The average molecular weight is 266 g/mol. The van der Waals surface area contributed by atoms with Crippen molar-refractivity contribution < 1.29 is 14.3 Å². The normalized spacial score (nSPS) is 10.6. The SMILES string of the molecule is Cc1cn(-c2ccc(F)cc2)c(SCC(=O)O)n1. The highest BCUT2D eigenvalue weighted by atomic mass is 32.2. The van der Waals surface area contributed by atoms with E-state index < -0.39 is 5.97 Å². The van der Waals surface area contributed by atoms with Crippen molar-refractivity contribution in [1.29, 1.82) is 0 Å². The summed E-state index contributed by atoms with van der Waals surface area (Å²) in [5.74, 6) is -1.26. The Morgan fingerprint density at radius 3 is 2.72 bits per heavy atom. The van der Waals surface area contributed by atoms with Crippen LogP contribution in [0.4, 0.5) is 4.39 Å². The number of rotatable bonds is 4. The second-order valence-electron chi connectivity index (χ2n) is 3.69. The molecule has 18 heavy (non-hydrogen) atoms. The molecule has 0 fully saturated rings. The molecule has 0 spiro atoms. The van der Waals surface area contributed by atoms with Crippen molar-refractivity contribution in [1.82, 2.24) is 9.55 Å².